The highest BCUT2D eigenvalue weighted by Gasteiger charge is 2.37. The molecule has 0 spiro atoms. The first-order valence-corrected chi connectivity index (χ1v) is 9.63. The van der Waals surface area contributed by atoms with E-state index < -0.39 is 18.1 Å². The molecule has 1 amide bonds. The first-order chi connectivity index (χ1) is 12.7. The second kappa shape index (κ2) is 7.03. The van der Waals surface area contributed by atoms with Crippen molar-refractivity contribution < 1.29 is 19.1 Å². The van der Waals surface area contributed by atoms with E-state index in [4.69, 9.17) is 9.47 Å². The molecule has 0 N–H and O–H groups in total. The third-order valence-corrected chi connectivity index (χ3v) is 5.94. The van der Waals surface area contributed by atoms with Gasteiger partial charge in [0.1, 0.15) is 12.6 Å². The summed E-state index contributed by atoms with van der Waals surface area (Å²) in [5, 5.41) is 0. The van der Waals surface area contributed by atoms with Crippen LogP contribution in [0.2, 0.25) is 0 Å². The third-order valence-electron chi connectivity index (χ3n) is 4.93. The van der Waals surface area contributed by atoms with Gasteiger partial charge < -0.3 is 9.47 Å². The van der Waals surface area contributed by atoms with Crippen molar-refractivity contribution in [1.82, 2.24) is 4.90 Å². The minimum atomic E-state index is -0.569. The highest BCUT2D eigenvalue weighted by molar-refractivity contribution is 7.99. The highest BCUT2D eigenvalue weighted by Crippen LogP contribution is 2.44. The minimum Gasteiger partial charge on any atom is -0.467 e. The Morgan fingerprint density at radius 3 is 2.31 bits per heavy atom. The molecule has 1 aliphatic carbocycles. The van der Waals surface area contributed by atoms with E-state index in [2.05, 4.69) is 24.3 Å². The van der Waals surface area contributed by atoms with Gasteiger partial charge in [0.25, 0.3) is 0 Å². The number of esters is 1. The molecular formula is C20H19NO4S. The summed E-state index contributed by atoms with van der Waals surface area (Å²) in [7, 11) is 1.33. The number of benzene rings is 2. The van der Waals surface area contributed by atoms with Crippen LogP contribution in [0.15, 0.2) is 48.5 Å². The Hall–Kier alpha value is -2.47. The second-order valence-corrected chi connectivity index (χ2v) is 7.31. The molecule has 134 valence electrons. The smallest absolute Gasteiger partial charge is 0.411 e. The van der Waals surface area contributed by atoms with Gasteiger partial charge in [0.05, 0.1) is 13.0 Å². The van der Waals surface area contributed by atoms with Gasteiger partial charge in [0, 0.05) is 11.7 Å². The van der Waals surface area contributed by atoms with Gasteiger partial charge in [0.15, 0.2) is 0 Å². The maximum Gasteiger partial charge on any atom is 0.411 e. The van der Waals surface area contributed by atoms with E-state index in [1.807, 2.05) is 24.3 Å². The molecule has 0 saturated carbocycles. The summed E-state index contributed by atoms with van der Waals surface area (Å²) < 4.78 is 10.4. The van der Waals surface area contributed by atoms with E-state index in [0.29, 0.717) is 11.6 Å². The number of ether oxygens (including phenoxy) is 2. The number of fused-ring (bicyclic) bond motifs is 3. The summed E-state index contributed by atoms with van der Waals surface area (Å²) in [5.41, 5.74) is 4.71. The van der Waals surface area contributed by atoms with Crippen molar-refractivity contribution in [1.29, 1.82) is 0 Å². The van der Waals surface area contributed by atoms with Gasteiger partial charge in [0.2, 0.25) is 0 Å². The summed E-state index contributed by atoms with van der Waals surface area (Å²) in [6.07, 6.45) is -0.465. The third kappa shape index (κ3) is 2.84. The Kier molecular flexibility index (Phi) is 4.59. The molecule has 6 heteroatoms. The van der Waals surface area contributed by atoms with E-state index in [1.165, 1.54) is 46.0 Å². The van der Waals surface area contributed by atoms with Gasteiger partial charge in [-0.1, -0.05) is 48.5 Å². The number of amides is 1. The minimum absolute atomic E-state index is 0.0122. The number of hydrogen-bond donors (Lipinski definition) is 0. The van der Waals surface area contributed by atoms with Crippen LogP contribution in [-0.4, -0.2) is 48.4 Å². The Bertz CT molecular complexity index is 808. The molecule has 1 atom stereocenters. The summed E-state index contributed by atoms with van der Waals surface area (Å²) in [4.78, 5) is 25.8. The lowest BCUT2D eigenvalue weighted by molar-refractivity contribution is -0.144. The zero-order valence-corrected chi connectivity index (χ0v) is 15.2. The fourth-order valence-corrected chi connectivity index (χ4v) is 4.76. The average molecular weight is 369 g/mol. The number of carbonyl (C=O) groups excluding carboxylic acids is 2. The number of hydrogen-bond acceptors (Lipinski definition) is 5. The summed E-state index contributed by atoms with van der Waals surface area (Å²) >= 11 is 1.52. The van der Waals surface area contributed by atoms with Gasteiger partial charge in [-0.3, -0.25) is 4.90 Å². The molecule has 4 rings (SSSR count). The molecule has 0 radical (unpaired) electrons. The maximum absolute atomic E-state index is 12.5. The molecule has 2 aromatic rings. The van der Waals surface area contributed by atoms with Crippen LogP contribution < -0.4 is 0 Å². The highest BCUT2D eigenvalue weighted by atomic mass is 32.2. The van der Waals surface area contributed by atoms with Gasteiger partial charge in [-0.05, 0) is 22.3 Å². The van der Waals surface area contributed by atoms with Crippen molar-refractivity contribution in [2.24, 2.45) is 0 Å². The number of nitrogens with zero attached hydrogens (tertiary/aromatic N) is 1. The van der Waals surface area contributed by atoms with Gasteiger partial charge in [-0.2, -0.15) is 0 Å². The van der Waals surface area contributed by atoms with Crippen molar-refractivity contribution in [3.63, 3.8) is 0 Å². The van der Waals surface area contributed by atoms with E-state index in [1.54, 1.807) is 0 Å². The van der Waals surface area contributed by atoms with Crippen molar-refractivity contribution >= 4 is 23.8 Å². The quantitative estimate of drug-likeness (QED) is 0.776. The van der Waals surface area contributed by atoms with Crippen LogP contribution in [-0.2, 0) is 14.3 Å². The zero-order chi connectivity index (χ0) is 18.1. The molecule has 5 nitrogen and oxygen atoms in total. The van der Waals surface area contributed by atoms with Crippen molar-refractivity contribution in [2.75, 3.05) is 25.3 Å². The Morgan fingerprint density at radius 1 is 1.08 bits per heavy atom. The van der Waals surface area contributed by atoms with Crippen molar-refractivity contribution in [3.05, 3.63) is 59.7 Å². The average Bonchev–Trinajstić information content (AvgIpc) is 3.29. The molecule has 26 heavy (non-hydrogen) atoms. The molecule has 2 aliphatic rings. The van der Waals surface area contributed by atoms with Crippen LogP contribution in [0.1, 0.15) is 17.0 Å². The van der Waals surface area contributed by atoms with E-state index in [9.17, 15) is 9.59 Å². The van der Waals surface area contributed by atoms with E-state index >= 15 is 0 Å². The molecule has 1 saturated heterocycles. The topological polar surface area (TPSA) is 55.8 Å². The molecule has 0 aromatic heterocycles. The lowest BCUT2D eigenvalue weighted by Gasteiger charge is -2.22. The number of methoxy groups -OCH3 is 1. The molecular weight excluding hydrogens is 350 g/mol. The molecule has 1 aliphatic heterocycles. The SMILES string of the molecule is COC(=O)[C@@H]1CSCN1C(=O)OCC1c2ccccc2-c2ccccc21. The van der Waals surface area contributed by atoms with Crippen LogP contribution in [0.5, 0.6) is 0 Å². The van der Waals surface area contributed by atoms with Gasteiger partial charge >= 0.3 is 12.1 Å². The lowest BCUT2D eigenvalue weighted by Crippen LogP contribution is -2.43. The predicted octanol–water partition coefficient (Wildman–Crippen LogP) is 3.48. The molecule has 0 unspecified atom stereocenters. The number of rotatable bonds is 3. The maximum atomic E-state index is 12.5. The summed E-state index contributed by atoms with van der Waals surface area (Å²) in [6, 6.07) is 15.8. The number of carbonyl (C=O) groups is 2. The summed E-state index contributed by atoms with van der Waals surface area (Å²) in [5.74, 6) is 0.592. The molecule has 2 aromatic carbocycles. The second-order valence-electron chi connectivity index (χ2n) is 6.31. The first kappa shape index (κ1) is 17.0. The largest absolute Gasteiger partial charge is 0.467 e. The fraction of sp³-hybridized carbons (Fsp3) is 0.300. The molecule has 1 fully saturated rings. The normalized spacial score (nSPS) is 18.3. The van der Waals surface area contributed by atoms with Gasteiger partial charge in [-0.25, -0.2) is 9.59 Å². The lowest BCUT2D eigenvalue weighted by atomic mass is 9.98. The van der Waals surface area contributed by atoms with Crippen LogP contribution in [0.4, 0.5) is 4.79 Å². The van der Waals surface area contributed by atoms with Crippen LogP contribution in [0.3, 0.4) is 0 Å². The van der Waals surface area contributed by atoms with E-state index in [0.717, 1.165) is 0 Å². The van der Waals surface area contributed by atoms with Crippen molar-refractivity contribution in [2.45, 2.75) is 12.0 Å². The molecule has 0 bridgehead atoms. The first-order valence-electron chi connectivity index (χ1n) is 8.48. The Labute approximate surface area is 156 Å². The van der Waals surface area contributed by atoms with E-state index in [-0.39, 0.29) is 12.5 Å². The van der Waals surface area contributed by atoms with Crippen LogP contribution in [0, 0.1) is 0 Å². The van der Waals surface area contributed by atoms with Crippen molar-refractivity contribution in [3.8, 4) is 11.1 Å². The Morgan fingerprint density at radius 2 is 1.69 bits per heavy atom. The van der Waals surface area contributed by atoms with Crippen LogP contribution >= 0.6 is 11.8 Å². The summed E-state index contributed by atoms with van der Waals surface area (Å²) in [6.45, 7) is 0.252. The zero-order valence-electron chi connectivity index (χ0n) is 14.4. The van der Waals surface area contributed by atoms with Crippen LogP contribution in [0.25, 0.3) is 11.1 Å². The van der Waals surface area contributed by atoms with Gasteiger partial charge in [-0.15, -0.1) is 11.8 Å². The molecule has 1 heterocycles. The predicted molar refractivity (Wildman–Crippen MR) is 100 cm³/mol. The Balaban J connectivity index is 1.51. The number of thioether (sulfide) groups is 1. The monoisotopic (exact) mass is 369 g/mol. The standard InChI is InChI=1S/C20H19NO4S/c1-24-19(22)18-11-26-12-21(18)20(23)25-10-17-15-8-4-2-6-13(15)14-7-3-5-9-16(14)17/h2-9,17-18H,10-12H2,1H3/t18-/m0/s1. The fourth-order valence-electron chi connectivity index (χ4n) is 3.63.